The molecule has 178 valence electrons. The van der Waals surface area contributed by atoms with Gasteiger partial charge in [-0.2, -0.15) is 0 Å². The van der Waals surface area contributed by atoms with Crippen molar-refractivity contribution in [2.75, 3.05) is 6.54 Å². The third-order valence-electron chi connectivity index (χ3n) is 6.35. The number of halogens is 2. The van der Waals surface area contributed by atoms with E-state index in [0.717, 1.165) is 0 Å². The molecule has 0 aromatic heterocycles. The van der Waals surface area contributed by atoms with Gasteiger partial charge in [0.15, 0.2) is 0 Å². The molecule has 2 atom stereocenters. The number of amides is 1. The summed E-state index contributed by atoms with van der Waals surface area (Å²) in [5.74, 6) is -1.05. The Kier molecular flexibility index (Phi) is 6.09. The number of hydrogen-bond acceptors (Lipinski definition) is 4. The van der Waals surface area contributed by atoms with Crippen molar-refractivity contribution in [1.29, 1.82) is 0 Å². The number of alkyl halides is 1. The number of aliphatic hydroxyl groups is 1. The number of rotatable bonds is 7. The number of sulfonamides is 1. The molecule has 0 radical (unpaired) electrons. The average Bonchev–Trinajstić information content (AvgIpc) is 3.42. The van der Waals surface area contributed by atoms with E-state index in [2.05, 4.69) is 4.72 Å². The standard InChI is InChI=1S/C24H28F2N2O4S/c1-23(2,30)22(29)28-14-11-19(27-33(31,32)24(26)12-13-24)20(28)15-17-9-6-10-18(21(17)25)16-7-4-3-5-8-16/h3-10,19-20,27,30H,11-15H2,1-2H3/t19-,20-/m0/s1. The highest BCUT2D eigenvalue weighted by Crippen LogP contribution is 2.45. The van der Waals surface area contributed by atoms with E-state index in [4.69, 9.17) is 0 Å². The van der Waals surface area contributed by atoms with Gasteiger partial charge in [-0.15, -0.1) is 0 Å². The van der Waals surface area contributed by atoms with Gasteiger partial charge in [0.05, 0.1) is 6.04 Å². The highest BCUT2D eigenvalue weighted by atomic mass is 32.2. The van der Waals surface area contributed by atoms with Crippen LogP contribution in [0.15, 0.2) is 48.5 Å². The molecule has 1 saturated carbocycles. The predicted molar refractivity (Wildman–Crippen MR) is 121 cm³/mol. The number of nitrogens with zero attached hydrogens (tertiary/aromatic N) is 1. The summed E-state index contributed by atoms with van der Waals surface area (Å²) in [5, 5.41) is 7.98. The molecule has 9 heteroatoms. The van der Waals surface area contributed by atoms with Gasteiger partial charge in [0.1, 0.15) is 11.4 Å². The zero-order valence-electron chi connectivity index (χ0n) is 18.6. The van der Waals surface area contributed by atoms with E-state index in [1.807, 2.05) is 6.07 Å². The van der Waals surface area contributed by atoms with Crippen LogP contribution in [0.25, 0.3) is 11.1 Å². The summed E-state index contributed by atoms with van der Waals surface area (Å²) in [4.78, 5) is 14.3. The van der Waals surface area contributed by atoms with Crippen molar-refractivity contribution < 1.29 is 27.1 Å². The van der Waals surface area contributed by atoms with Crippen molar-refractivity contribution in [3.05, 3.63) is 59.9 Å². The second-order valence-corrected chi connectivity index (χ2v) is 11.3. The number of hydrogen-bond donors (Lipinski definition) is 2. The molecule has 1 heterocycles. The van der Waals surface area contributed by atoms with Crippen molar-refractivity contribution in [3.8, 4) is 11.1 Å². The number of carbonyl (C=O) groups is 1. The van der Waals surface area contributed by atoms with Crippen molar-refractivity contribution in [3.63, 3.8) is 0 Å². The Balaban J connectivity index is 1.67. The van der Waals surface area contributed by atoms with Crippen LogP contribution < -0.4 is 4.72 Å². The van der Waals surface area contributed by atoms with Crippen LogP contribution in [0.4, 0.5) is 8.78 Å². The van der Waals surface area contributed by atoms with Crippen LogP contribution in [0.1, 0.15) is 38.7 Å². The van der Waals surface area contributed by atoms with Crippen LogP contribution in [0.5, 0.6) is 0 Å². The van der Waals surface area contributed by atoms with E-state index >= 15 is 4.39 Å². The fourth-order valence-electron chi connectivity index (χ4n) is 4.32. The molecule has 0 spiro atoms. The lowest BCUT2D eigenvalue weighted by Crippen LogP contribution is -2.53. The fourth-order valence-corrected chi connectivity index (χ4v) is 5.85. The van der Waals surface area contributed by atoms with Gasteiger partial charge in [0, 0.05) is 31.0 Å². The van der Waals surface area contributed by atoms with Crippen LogP contribution in [-0.2, 0) is 21.2 Å². The molecular formula is C24H28F2N2O4S. The Morgan fingerprint density at radius 1 is 1.18 bits per heavy atom. The zero-order chi connectivity index (χ0) is 24.0. The summed E-state index contributed by atoms with van der Waals surface area (Å²) in [7, 11) is -4.25. The predicted octanol–water partition coefficient (Wildman–Crippen LogP) is 3.15. The summed E-state index contributed by atoms with van der Waals surface area (Å²) < 4.78 is 57.4. The van der Waals surface area contributed by atoms with Gasteiger partial charge in [0.2, 0.25) is 15.0 Å². The number of nitrogens with one attached hydrogen (secondary N) is 1. The minimum atomic E-state index is -4.25. The molecule has 2 aromatic rings. The quantitative estimate of drug-likeness (QED) is 0.640. The summed E-state index contributed by atoms with van der Waals surface area (Å²) in [5.41, 5.74) is -0.293. The summed E-state index contributed by atoms with van der Waals surface area (Å²) in [6, 6.07) is 12.4. The molecule has 4 rings (SSSR count). The van der Waals surface area contributed by atoms with E-state index in [0.29, 0.717) is 16.7 Å². The molecule has 2 aliphatic rings. The lowest BCUT2D eigenvalue weighted by molar-refractivity contribution is -0.148. The van der Waals surface area contributed by atoms with Gasteiger partial charge in [-0.3, -0.25) is 4.79 Å². The molecule has 1 saturated heterocycles. The maximum Gasteiger partial charge on any atom is 0.254 e. The minimum Gasteiger partial charge on any atom is -0.381 e. The van der Waals surface area contributed by atoms with Crippen molar-refractivity contribution in [1.82, 2.24) is 9.62 Å². The first-order valence-electron chi connectivity index (χ1n) is 11.0. The Bertz CT molecular complexity index is 1140. The third kappa shape index (κ3) is 4.67. The Hall–Kier alpha value is -2.36. The number of benzene rings is 2. The third-order valence-corrected chi connectivity index (χ3v) is 8.34. The van der Waals surface area contributed by atoms with E-state index in [1.54, 1.807) is 42.5 Å². The molecule has 2 aromatic carbocycles. The molecule has 1 amide bonds. The Morgan fingerprint density at radius 3 is 2.45 bits per heavy atom. The molecule has 1 aliphatic heterocycles. The SMILES string of the molecule is CC(C)(O)C(=O)N1CC[C@H](NS(=O)(=O)C2(F)CC2)[C@@H]1Cc1cccc(-c2ccccc2)c1F. The van der Waals surface area contributed by atoms with Crippen molar-refractivity contribution in [2.24, 2.45) is 0 Å². The molecule has 0 bridgehead atoms. The Morgan fingerprint density at radius 2 is 1.85 bits per heavy atom. The van der Waals surface area contributed by atoms with Gasteiger partial charge >= 0.3 is 0 Å². The van der Waals surface area contributed by atoms with Crippen molar-refractivity contribution >= 4 is 15.9 Å². The average molecular weight is 479 g/mol. The molecular weight excluding hydrogens is 450 g/mol. The maximum absolute atomic E-state index is 15.5. The summed E-state index contributed by atoms with van der Waals surface area (Å²) in [6.07, 6.45) is 0.113. The van der Waals surface area contributed by atoms with Gasteiger partial charge in [0.25, 0.3) is 5.91 Å². The first-order valence-corrected chi connectivity index (χ1v) is 12.5. The van der Waals surface area contributed by atoms with Crippen LogP contribution in [0, 0.1) is 5.82 Å². The second-order valence-electron chi connectivity index (χ2n) is 9.37. The molecule has 33 heavy (non-hydrogen) atoms. The number of carbonyl (C=O) groups excluding carboxylic acids is 1. The molecule has 2 N–H and O–H groups in total. The van der Waals surface area contributed by atoms with Crippen LogP contribution in [0.2, 0.25) is 0 Å². The van der Waals surface area contributed by atoms with E-state index in [1.165, 1.54) is 18.7 Å². The van der Waals surface area contributed by atoms with Gasteiger partial charge in [-0.1, -0.05) is 48.5 Å². The first kappa shape index (κ1) is 23.8. The van der Waals surface area contributed by atoms with E-state index in [9.17, 15) is 22.7 Å². The maximum atomic E-state index is 15.5. The minimum absolute atomic E-state index is 0.0147. The van der Waals surface area contributed by atoms with Crippen LogP contribution >= 0.6 is 0 Å². The Labute approximate surface area is 192 Å². The van der Waals surface area contributed by atoms with Crippen LogP contribution in [0.3, 0.4) is 0 Å². The first-order chi connectivity index (χ1) is 15.4. The topological polar surface area (TPSA) is 86.7 Å². The highest BCUT2D eigenvalue weighted by molar-refractivity contribution is 7.91. The summed E-state index contributed by atoms with van der Waals surface area (Å²) >= 11 is 0. The number of likely N-dealkylation sites (tertiary alicyclic amines) is 1. The molecule has 0 unspecified atom stereocenters. The lowest BCUT2D eigenvalue weighted by atomic mass is 9.95. The monoisotopic (exact) mass is 478 g/mol. The van der Waals surface area contributed by atoms with Gasteiger partial charge in [-0.25, -0.2) is 21.9 Å². The molecule has 6 nitrogen and oxygen atoms in total. The van der Waals surface area contributed by atoms with Gasteiger partial charge in [-0.05, 0) is 37.8 Å². The lowest BCUT2D eigenvalue weighted by Gasteiger charge is -2.33. The van der Waals surface area contributed by atoms with Crippen molar-refractivity contribution in [2.45, 2.75) is 62.2 Å². The normalized spacial score (nSPS) is 22.4. The second kappa shape index (κ2) is 8.45. The smallest absolute Gasteiger partial charge is 0.254 e. The van der Waals surface area contributed by atoms with Crippen LogP contribution in [-0.4, -0.2) is 53.6 Å². The van der Waals surface area contributed by atoms with E-state index < -0.39 is 44.4 Å². The summed E-state index contributed by atoms with van der Waals surface area (Å²) in [6.45, 7) is 2.86. The highest BCUT2D eigenvalue weighted by Gasteiger charge is 2.57. The zero-order valence-corrected chi connectivity index (χ0v) is 19.4. The van der Waals surface area contributed by atoms with Gasteiger partial charge < -0.3 is 10.0 Å². The van der Waals surface area contributed by atoms with E-state index in [-0.39, 0.29) is 32.2 Å². The molecule has 1 aliphatic carbocycles. The fraction of sp³-hybridized carbons (Fsp3) is 0.458. The molecule has 2 fully saturated rings. The largest absolute Gasteiger partial charge is 0.381 e.